The molecule has 0 fully saturated rings. The Hall–Kier alpha value is -1.35. The number of carbonyl (C=O) groups excluding carboxylic acids is 1. The van der Waals surface area contributed by atoms with Crippen LogP contribution in [-0.4, -0.2) is 19.0 Å². The Kier molecular flexibility index (Phi) is 7.19. The van der Waals surface area contributed by atoms with Gasteiger partial charge in [-0.25, -0.2) is 0 Å². The highest BCUT2D eigenvalue weighted by Gasteiger charge is 2.08. The van der Waals surface area contributed by atoms with Gasteiger partial charge in [0.05, 0.1) is 6.04 Å². The topological polar surface area (TPSA) is 41.1 Å². The van der Waals surface area contributed by atoms with E-state index in [1.807, 2.05) is 37.3 Å². The van der Waals surface area contributed by atoms with Crippen LogP contribution in [-0.2, 0) is 4.79 Å². The fourth-order valence-corrected chi connectivity index (χ4v) is 1.86. The van der Waals surface area contributed by atoms with Gasteiger partial charge in [-0.05, 0) is 31.4 Å². The van der Waals surface area contributed by atoms with Crippen molar-refractivity contribution in [1.29, 1.82) is 0 Å². The Labute approximate surface area is 116 Å². The van der Waals surface area contributed by atoms with E-state index in [0.717, 1.165) is 25.1 Å². The van der Waals surface area contributed by atoms with Crippen molar-refractivity contribution in [3.8, 4) is 0 Å². The Morgan fingerprint density at radius 3 is 2.42 bits per heavy atom. The Balaban J connectivity index is 2.17. The average molecular weight is 262 g/mol. The third-order valence-corrected chi connectivity index (χ3v) is 3.10. The van der Waals surface area contributed by atoms with E-state index in [9.17, 15) is 4.79 Å². The predicted molar refractivity (Wildman–Crippen MR) is 79.9 cm³/mol. The molecule has 1 aromatic rings. The van der Waals surface area contributed by atoms with E-state index >= 15 is 0 Å². The number of benzene rings is 1. The molecule has 0 saturated carbocycles. The van der Waals surface area contributed by atoms with Crippen molar-refractivity contribution in [3.05, 3.63) is 35.9 Å². The molecule has 0 aliphatic carbocycles. The van der Waals surface area contributed by atoms with Crippen LogP contribution in [0.1, 0.15) is 45.2 Å². The lowest BCUT2D eigenvalue weighted by atomic mass is 10.1. The SMILES string of the molecule is CC(C)CCNCCC(=O)NC(C)c1ccccc1. The molecule has 3 nitrogen and oxygen atoms in total. The van der Waals surface area contributed by atoms with Gasteiger partial charge in [0.2, 0.25) is 5.91 Å². The molecule has 106 valence electrons. The number of hydrogen-bond acceptors (Lipinski definition) is 2. The summed E-state index contributed by atoms with van der Waals surface area (Å²) in [6, 6.07) is 10.1. The van der Waals surface area contributed by atoms with Crippen molar-refractivity contribution < 1.29 is 4.79 Å². The van der Waals surface area contributed by atoms with E-state index in [1.54, 1.807) is 0 Å². The van der Waals surface area contributed by atoms with Crippen LogP contribution in [0.25, 0.3) is 0 Å². The zero-order chi connectivity index (χ0) is 14.1. The highest BCUT2D eigenvalue weighted by Crippen LogP contribution is 2.10. The number of carbonyl (C=O) groups is 1. The lowest BCUT2D eigenvalue weighted by molar-refractivity contribution is -0.121. The van der Waals surface area contributed by atoms with Crippen molar-refractivity contribution in [2.75, 3.05) is 13.1 Å². The van der Waals surface area contributed by atoms with Gasteiger partial charge < -0.3 is 10.6 Å². The van der Waals surface area contributed by atoms with Crippen LogP contribution in [0.3, 0.4) is 0 Å². The van der Waals surface area contributed by atoms with Crippen molar-refractivity contribution >= 4 is 5.91 Å². The molecule has 1 unspecified atom stereocenters. The van der Waals surface area contributed by atoms with Gasteiger partial charge in [0.15, 0.2) is 0 Å². The average Bonchev–Trinajstić information content (AvgIpc) is 2.39. The van der Waals surface area contributed by atoms with E-state index in [1.165, 1.54) is 0 Å². The van der Waals surface area contributed by atoms with Gasteiger partial charge >= 0.3 is 0 Å². The van der Waals surface area contributed by atoms with E-state index in [2.05, 4.69) is 24.5 Å². The van der Waals surface area contributed by atoms with Crippen LogP contribution < -0.4 is 10.6 Å². The van der Waals surface area contributed by atoms with Gasteiger partial charge in [0, 0.05) is 13.0 Å². The Bertz CT molecular complexity index is 362. The first-order valence-electron chi connectivity index (χ1n) is 7.14. The summed E-state index contributed by atoms with van der Waals surface area (Å²) >= 11 is 0. The van der Waals surface area contributed by atoms with E-state index in [0.29, 0.717) is 12.3 Å². The minimum atomic E-state index is 0.0735. The van der Waals surface area contributed by atoms with E-state index < -0.39 is 0 Å². The molecule has 3 heteroatoms. The maximum absolute atomic E-state index is 11.8. The van der Waals surface area contributed by atoms with Gasteiger partial charge in [0.25, 0.3) is 0 Å². The smallest absolute Gasteiger partial charge is 0.221 e. The second kappa shape index (κ2) is 8.70. The minimum Gasteiger partial charge on any atom is -0.350 e. The van der Waals surface area contributed by atoms with Crippen molar-refractivity contribution in [2.24, 2.45) is 5.92 Å². The first kappa shape index (κ1) is 15.7. The third kappa shape index (κ3) is 6.97. The molecular weight excluding hydrogens is 236 g/mol. The molecule has 1 rings (SSSR count). The molecule has 0 heterocycles. The van der Waals surface area contributed by atoms with Crippen LogP contribution >= 0.6 is 0 Å². The minimum absolute atomic E-state index is 0.0735. The van der Waals surface area contributed by atoms with Gasteiger partial charge in [0.1, 0.15) is 0 Å². The summed E-state index contributed by atoms with van der Waals surface area (Å²) in [6.45, 7) is 8.16. The lowest BCUT2D eigenvalue weighted by Gasteiger charge is -2.14. The summed E-state index contributed by atoms with van der Waals surface area (Å²) in [5.41, 5.74) is 1.14. The molecule has 0 bridgehead atoms. The number of rotatable bonds is 8. The van der Waals surface area contributed by atoms with Gasteiger partial charge in [-0.2, -0.15) is 0 Å². The molecule has 1 atom stereocenters. The fourth-order valence-electron chi connectivity index (χ4n) is 1.86. The first-order valence-corrected chi connectivity index (χ1v) is 7.14. The zero-order valence-electron chi connectivity index (χ0n) is 12.3. The van der Waals surface area contributed by atoms with Gasteiger partial charge in [-0.3, -0.25) is 4.79 Å². The molecule has 19 heavy (non-hydrogen) atoms. The second-order valence-electron chi connectivity index (χ2n) is 5.38. The third-order valence-electron chi connectivity index (χ3n) is 3.10. The number of hydrogen-bond donors (Lipinski definition) is 2. The summed E-state index contributed by atoms with van der Waals surface area (Å²) < 4.78 is 0. The van der Waals surface area contributed by atoms with E-state index in [-0.39, 0.29) is 11.9 Å². The molecular formula is C16H26N2O. The Morgan fingerprint density at radius 1 is 1.11 bits per heavy atom. The largest absolute Gasteiger partial charge is 0.350 e. The highest BCUT2D eigenvalue weighted by molar-refractivity contribution is 5.76. The van der Waals surface area contributed by atoms with Gasteiger partial charge in [-0.15, -0.1) is 0 Å². The molecule has 0 aliphatic rings. The summed E-state index contributed by atoms with van der Waals surface area (Å²) in [7, 11) is 0. The summed E-state index contributed by atoms with van der Waals surface area (Å²) in [6.07, 6.45) is 1.69. The summed E-state index contributed by atoms with van der Waals surface area (Å²) in [5, 5.41) is 6.32. The zero-order valence-corrected chi connectivity index (χ0v) is 12.3. The lowest BCUT2D eigenvalue weighted by Crippen LogP contribution is -2.30. The van der Waals surface area contributed by atoms with Crippen LogP contribution in [0.2, 0.25) is 0 Å². The molecule has 2 N–H and O–H groups in total. The van der Waals surface area contributed by atoms with Gasteiger partial charge in [-0.1, -0.05) is 44.2 Å². The standard InChI is InChI=1S/C16H26N2O/c1-13(2)9-11-17-12-10-16(19)18-14(3)15-7-5-4-6-8-15/h4-8,13-14,17H,9-12H2,1-3H3,(H,18,19). The van der Waals surface area contributed by atoms with Crippen LogP contribution in [0.5, 0.6) is 0 Å². The number of nitrogens with one attached hydrogen (secondary N) is 2. The highest BCUT2D eigenvalue weighted by atomic mass is 16.1. The maximum Gasteiger partial charge on any atom is 0.221 e. The normalized spacial score (nSPS) is 12.4. The first-order chi connectivity index (χ1) is 9.09. The van der Waals surface area contributed by atoms with Crippen LogP contribution in [0, 0.1) is 5.92 Å². The molecule has 0 aromatic heterocycles. The van der Waals surface area contributed by atoms with Crippen molar-refractivity contribution in [1.82, 2.24) is 10.6 Å². The number of amides is 1. The molecule has 0 spiro atoms. The van der Waals surface area contributed by atoms with E-state index in [4.69, 9.17) is 0 Å². The molecule has 1 aromatic carbocycles. The predicted octanol–water partition coefficient (Wildman–Crippen LogP) is 2.89. The molecule has 1 amide bonds. The van der Waals surface area contributed by atoms with Crippen LogP contribution in [0.4, 0.5) is 0 Å². The maximum atomic E-state index is 11.8. The molecule has 0 radical (unpaired) electrons. The molecule has 0 aliphatic heterocycles. The summed E-state index contributed by atoms with van der Waals surface area (Å²) in [5.74, 6) is 0.813. The Morgan fingerprint density at radius 2 is 1.79 bits per heavy atom. The monoisotopic (exact) mass is 262 g/mol. The van der Waals surface area contributed by atoms with Crippen molar-refractivity contribution in [3.63, 3.8) is 0 Å². The van der Waals surface area contributed by atoms with Crippen LogP contribution in [0.15, 0.2) is 30.3 Å². The fraction of sp³-hybridized carbons (Fsp3) is 0.562. The summed E-state index contributed by atoms with van der Waals surface area (Å²) in [4.78, 5) is 11.8. The quantitative estimate of drug-likeness (QED) is 0.707. The molecule has 0 saturated heterocycles. The second-order valence-corrected chi connectivity index (χ2v) is 5.38. The van der Waals surface area contributed by atoms with Crippen molar-refractivity contribution in [2.45, 2.75) is 39.7 Å².